The van der Waals surface area contributed by atoms with Crippen LogP contribution in [-0.4, -0.2) is 62.0 Å². The third-order valence-electron chi connectivity index (χ3n) is 5.46. The van der Waals surface area contributed by atoms with Crippen molar-refractivity contribution >= 4 is 15.9 Å². The minimum absolute atomic E-state index is 0.0479. The van der Waals surface area contributed by atoms with Crippen molar-refractivity contribution in [3.8, 4) is 17.1 Å². The Morgan fingerprint density at radius 3 is 2.45 bits per heavy atom. The van der Waals surface area contributed by atoms with Crippen molar-refractivity contribution in [2.45, 2.75) is 18.7 Å². The number of hydrogen-bond donors (Lipinski definition) is 0. The molecule has 0 spiro atoms. The van der Waals surface area contributed by atoms with Gasteiger partial charge >= 0.3 is 0 Å². The molecule has 0 saturated carbocycles. The fourth-order valence-electron chi connectivity index (χ4n) is 3.53. The van der Waals surface area contributed by atoms with Crippen LogP contribution in [-0.2, 0) is 10.0 Å². The van der Waals surface area contributed by atoms with Crippen molar-refractivity contribution in [2.24, 2.45) is 0 Å². The van der Waals surface area contributed by atoms with E-state index >= 15 is 0 Å². The zero-order chi connectivity index (χ0) is 22.2. The summed E-state index contributed by atoms with van der Waals surface area (Å²) in [5, 5.41) is 3.95. The van der Waals surface area contributed by atoms with Crippen molar-refractivity contribution in [1.82, 2.24) is 14.4 Å². The van der Waals surface area contributed by atoms with E-state index in [-0.39, 0.29) is 48.5 Å². The number of ether oxygens (including phenoxy) is 1. The third-order valence-corrected chi connectivity index (χ3v) is 7.38. The van der Waals surface area contributed by atoms with E-state index in [0.29, 0.717) is 11.3 Å². The predicted octanol–water partition coefficient (Wildman–Crippen LogP) is 2.71. The number of nitrogens with zero attached hydrogens (tertiary/aromatic N) is 3. The molecule has 1 aliphatic heterocycles. The van der Waals surface area contributed by atoms with Crippen LogP contribution in [0.2, 0.25) is 0 Å². The number of carbonyl (C=O) groups is 1. The lowest BCUT2D eigenvalue weighted by atomic mass is 10.1. The number of amides is 1. The lowest BCUT2D eigenvalue weighted by Crippen LogP contribution is -2.50. The van der Waals surface area contributed by atoms with E-state index in [1.165, 1.54) is 17.7 Å². The van der Waals surface area contributed by atoms with Gasteiger partial charge in [-0.3, -0.25) is 4.79 Å². The summed E-state index contributed by atoms with van der Waals surface area (Å²) in [4.78, 5) is 14.1. The van der Waals surface area contributed by atoms with E-state index in [2.05, 4.69) is 5.16 Å². The number of piperazine rings is 1. The molecule has 0 radical (unpaired) electrons. The Balaban J connectivity index is 1.59. The maximum absolute atomic E-state index is 13.4. The van der Waals surface area contributed by atoms with Crippen molar-refractivity contribution in [3.05, 3.63) is 53.6 Å². The maximum Gasteiger partial charge on any atom is 0.289 e. The Bertz CT molecular complexity index is 1190. The van der Waals surface area contributed by atoms with Gasteiger partial charge in [-0.2, -0.15) is 4.31 Å². The summed E-state index contributed by atoms with van der Waals surface area (Å²) >= 11 is 0. The molecule has 1 fully saturated rings. The first kappa shape index (κ1) is 21.1. The Hall–Kier alpha value is -3.11. The lowest BCUT2D eigenvalue weighted by molar-refractivity contribution is 0.0666. The average Bonchev–Trinajstić information content (AvgIpc) is 3.44. The largest absolute Gasteiger partial charge is 0.495 e. The Morgan fingerprint density at radius 2 is 1.87 bits per heavy atom. The fourth-order valence-corrected chi connectivity index (χ4v) is 5.13. The summed E-state index contributed by atoms with van der Waals surface area (Å²) in [7, 11) is -2.43. The lowest BCUT2D eigenvalue weighted by Gasteiger charge is -2.33. The highest BCUT2D eigenvalue weighted by Crippen LogP contribution is 2.34. The number of hydrogen-bond acceptors (Lipinski definition) is 7. The molecule has 0 N–H and O–H groups in total. The van der Waals surface area contributed by atoms with Gasteiger partial charge in [-0.25, -0.2) is 8.42 Å². The van der Waals surface area contributed by atoms with E-state index in [1.54, 1.807) is 35.2 Å². The molecule has 0 bridgehead atoms. The minimum atomic E-state index is -3.86. The monoisotopic (exact) mass is 445 g/mol. The van der Waals surface area contributed by atoms with Gasteiger partial charge in [0.2, 0.25) is 10.0 Å². The van der Waals surface area contributed by atoms with Crippen LogP contribution in [0.15, 0.2) is 50.4 Å². The van der Waals surface area contributed by atoms with Gasteiger partial charge in [-0.1, -0.05) is 5.16 Å². The molecular formula is C21H23N3O6S. The molecule has 4 rings (SSSR count). The molecule has 164 valence electrons. The molecule has 1 saturated heterocycles. The van der Waals surface area contributed by atoms with Gasteiger partial charge in [0.25, 0.3) is 5.91 Å². The number of rotatable bonds is 5. The van der Waals surface area contributed by atoms with E-state index in [9.17, 15) is 13.2 Å². The number of methoxy groups -OCH3 is 1. The highest BCUT2D eigenvalue weighted by Gasteiger charge is 2.33. The molecule has 10 heteroatoms. The second-order valence-electron chi connectivity index (χ2n) is 7.26. The molecule has 3 aromatic rings. The summed E-state index contributed by atoms with van der Waals surface area (Å²) in [5.74, 6) is 0.749. The highest BCUT2D eigenvalue weighted by atomic mass is 32.2. The zero-order valence-electron chi connectivity index (χ0n) is 17.5. The second kappa shape index (κ2) is 8.20. The van der Waals surface area contributed by atoms with Gasteiger partial charge in [-0.05, 0) is 44.2 Å². The molecule has 2 aromatic heterocycles. The van der Waals surface area contributed by atoms with Crippen molar-refractivity contribution in [3.63, 3.8) is 0 Å². The first-order chi connectivity index (χ1) is 14.8. The number of furan rings is 1. The van der Waals surface area contributed by atoms with E-state index < -0.39 is 10.0 Å². The van der Waals surface area contributed by atoms with Crippen LogP contribution in [0.25, 0.3) is 11.3 Å². The van der Waals surface area contributed by atoms with Crippen LogP contribution in [0, 0.1) is 13.8 Å². The maximum atomic E-state index is 13.4. The van der Waals surface area contributed by atoms with Crippen molar-refractivity contribution < 1.29 is 26.9 Å². The number of aromatic nitrogens is 1. The van der Waals surface area contributed by atoms with Crippen LogP contribution in [0.1, 0.15) is 21.8 Å². The predicted molar refractivity (Wildman–Crippen MR) is 111 cm³/mol. The van der Waals surface area contributed by atoms with E-state index in [4.69, 9.17) is 13.7 Å². The van der Waals surface area contributed by atoms with Gasteiger partial charge in [0.05, 0.1) is 19.1 Å². The molecule has 1 aromatic carbocycles. The normalized spacial score (nSPS) is 15.3. The van der Waals surface area contributed by atoms with Gasteiger partial charge in [0.1, 0.15) is 10.6 Å². The highest BCUT2D eigenvalue weighted by molar-refractivity contribution is 7.89. The van der Waals surface area contributed by atoms with Crippen LogP contribution in [0.5, 0.6) is 5.75 Å². The number of carbonyl (C=O) groups excluding carboxylic acids is 1. The second-order valence-corrected chi connectivity index (χ2v) is 9.17. The Labute approximate surface area is 180 Å². The van der Waals surface area contributed by atoms with Crippen molar-refractivity contribution in [2.75, 3.05) is 33.3 Å². The molecule has 0 atom stereocenters. The third kappa shape index (κ3) is 3.84. The topological polar surface area (TPSA) is 106 Å². The summed E-state index contributed by atoms with van der Waals surface area (Å²) < 4.78 is 44.1. The van der Waals surface area contributed by atoms with E-state index in [1.807, 2.05) is 13.8 Å². The van der Waals surface area contributed by atoms with Crippen LogP contribution >= 0.6 is 0 Å². The SMILES string of the molecule is COc1ccc(-c2onc(C)c2C)cc1S(=O)(=O)N1CCN(C(=O)c2ccco2)CC1. The first-order valence-corrected chi connectivity index (χ1v) is 11.2. The number of sulfonamides is 1. The summed E-state index contributed by atoms with van der Waals surface area (Å²) in [6, 6.07) is 8.13. The van der Waals surface area contributed by atoms with E-state index in [0.717, 1.165) is 11.3 Å². The average molecular weight is 445 g/mol. The summed E-state index contributed by atoms with van der Waals surface area (Å²) in [6.45, 7) is 4.56. The smallest absolute Gasteiger partial charge is 0.289 e. The summed E-state index contributed by atoms with van der Waals surface area (Å²) in [5.41, 5.74) is 2.19. The molecule has 0 unspecified atom stereocenters. The molecule has 1 amide bonds. The number of aryl methyl sites for hydroxylation is 1. The first-order valence-electron chi connectivity index (χ1n) is 9.77. The number of benzene rings is 1. The molecule has 3 heterocycles. The van der Waals surface area contributed by atoms with Gasteiger partial charge < -0.3 is 18.6 Å². The molecule has 1 aliphatic rings. The van der Waals surface area contributed by atoms with Crippen LogP contribution < -0.4 is 4.74 Å². The Morgan fingerprint density at radius 1 is 1.13 bits per heavy atom. The van der Waals surface area contributed by atoms with Gasteiger partial charge in [-0.15, -0.1) is 0 Å². The zero-order valence-corrected chi connectivity index (χ0v) is 18.3. The van der Waals surface area contributed by atoms with Crippen LogP contribution in [0.3, 0.4) is 0 Å². The standard InChI is InChI=1S/C21H23N3O6S/c1-14-15(2)22-30-20(14)16-6-7-17(28-3)19(13-16)31(26,27)24-10-8-23(9-11-24)21(25)18-5-4-12-29-18/h4-7,12-13H,8-11H2,1-3H3. The summed E-state index contributed by atoms with van der Waals surface area (Å²) in [6.07, 6.45) is 1.44. The fraction of sp³-hybridized carbons (Fsp3) is 0.333. The minimum Gasteiger partial charge on any atom is -0.495 e. The molecule has 9 nitrogen and oxygen atoms in total. The molecule has 31 heavy (non-hydrogen) atoms. The van der Waals surface area contributed by atoms with Crippen LogP contribution in [0.4, 0.5) is 0 Å². The Kier molecular flexibility index (Phi) is 5.59. The molecular weight excluding hydrogens is 422 g/mol. The molecule has 0 aliphatic carbocycles. The van der Waals surface area contributed by atoms with Gasteiger partial charge in [0, 0.05) is 37.3 Å². The van der Waals surface area contributed by atoms with Crippen molar-refractivity contribution in [1.29, 1.82) is 0 Å². The quantitative estimate of drug-likeness (QED) is 0.594. The van der Waals surface area contributed by atoms with Gasteiger partial charge in [0.15, 0.2) is 11.5 Å².